The van der Waals surface area contributed by atoms with Crippen LogP contribution in [0.4, 0.5) is 0 Å². The number of carbonyl (C=O) groups excluding carboxylic acids is 1. The molecule has 1 fully saturated rings. The van der Waals surface area contributed by atoms with E-state index in [1.165, 1.54) is 5.56 Å². The fourth-order valence-electron chi connectivity index (χ4n) is 2.98. The van der Waals surface area contributed by atoms with Gasteiger partial charge in [0.1, 0.15) is 0 Å². The fraction of sp³-hybridized carbons (Fsp3) is 0.556. The van der Waals surface area contributed by atoms with Gasteiger partial charge in [0.15, 0.2) is 0 Å². The second-order valence-electron chi connectivity index (χ2n) is 6.21. The van der Waals surface area contributed by atoms with E-state index in [0.29, 0.717) is 19.6 Å². The summed E-state index contributed by atoms with van der Waals surface area (Å²) in [5.41, 5.74) is 2.21. The summed E-state index contributed by atoms with van der Waals surface area (Å²) in [6.45, 7) is 3.16. The highest BCUT2D eigenvalue weighted by Crippen LogP contribution is 2.34. The Morgan fingerprint density at radius 1 is 1.30 bits per heavy atom. The quantitative estimate of drug-likeness (QED) is 0.875. The number of ether oxygens (including phenoxy) is 1. The summed E-state index contributed by atoms with van der Waals surface area (Å²) in [5, 5.41) is 8.70. The van der Waals surface area contributed by atoms with Crippen LogP contribution in [0.1, 0.15) is 42.9 Å². The molecule has 1 aliphatic rings. The molecule has 0 aliphatic carbocycles. The Morgan fingerprint density at radius 2 is 2.00 bits per heavy atom. The fourth-order valence-corrected chi connectivity index (χ4v) is 2.98. The first-order chi connectivity index (χ1) is 11.0. The van der Waals surface area contributed by atoms with Crippen LogP contribution in [0.5, 0.6) is 0 Å². The maximum Gasteiger partial charge on any atom is 0.303 e. The molecule has 1 aliphatic heterocycles. The van der Waals surface area contributed by atoms with Crippen molar-refractivity contribution in [3.63, 3.8) is 0 Å². The average molecular weight is 319 g/mol. The standard InChI is InChI=1S/C18H25NO4/c1-13-7-9-14(10-8-13)17-15(5-4-12-23-17)18(22)19(2)11-3-6-16(20)21/h7-10,15,17H,3-6,11-12H2,1-2H3,(H,20,21). The largest absolute Gasteiger partial charge is 0.481 e. The molecule has 0 bridgehead atoms. The van der Waals surface area contributed by atoms with Gasteiger partial charge < -0.3 is 14.7 Å². The molecular formula is C18H25NO4. The molecule has 1 saturated heterocycles. The Balaban J connectivity index is 2.03. The number of carboxylic acids is 1. The van der Waals surface area contributed by atoms with E-state index >= 15 is 0 Å². The second-order valence-corrected chi connectivity index (χ2v) is 6.21. The lowest BCUT2D eigenvalue weighted by molar-refractivity contribution is -0.145. The summed E-state index contributed by atoms with van der Waals surface area (Å²) in [6.07, 6.45) is 2.03. The van der Waals surface area contributed by atoms with Gasteiger partial charge in [-0.1, -0.05) is 29.8 Å². The van der Waals surface area contributed by atoms with Gasteiger partial charge in [-0.25, -0.2) is 0 Å². The van der Waals surface area contributed by atoms with Gasteiger partial charge in [-0.15, -0.1) is 0 Å². The molecule has 0 saturated carbocycles. The van der Waals surface area contributed by atoms with Crippen molar-refractivity contribution in [1.29, 1.82) is 0 Å². The summed E-state index contributed by atoms with van der Waals surface area (Å²) < 4.78 is 5.89. The number of carbonyl (C=O) groups is 2. The van der Waals surface area contributed by atoms with Crippen molar-refractivity contribution in [2.45, 2.75) is 38.7 Å². The molecule has 1 N–H and O–H groups in total. The molecule has 1 amide bonds. The molecular weight excluding hydrogens is 294 g/mol. The molecule has 0 aromatic heterocycles. The Labute approximate surface area is 137 Å². The van der Waals surface area contributed by atoms with E-state index in [1.54, 1.807) is 11.9 Å². The number of hydrogen-bond acceptors (Lipinski definition) is 3. The highest BCUT2D eigenvalue weighted by molar-refractivity contribution is 5.79. The molecule has 0 radical (unpaired) electrons. The van der Waals surface area contributed by atoms with E-state index in [0.717, 1.165) is 18.4 Å². The smallest absolute Gasteiger partial charge is 0.303 e. The maximum atomic E-state index is 12.7. The third-order valence-electron chi connectivity index (χ3n) is 4.31. The summed E-state index contributed by atoms with van der Waals surface area (Å²) in [7, 11) is 1.74. The van der Waals surface area contributed by atoms with E-state index in [4.69, 9.17) is 9.84 Å². The Hall–Kier alpha value is -1.88. The highest BCUT2D eigenvalue weighted by Gasteiger charge is 2.34. The number of aryl methyl sites for hydroxylation is 1. The predicted molar refractivity (Wildman–Crippen MR) is 87.1 cm³/mol. The SMILES string of the molecule is Cc1ccc(C2OCCCC2C(=O)N(C)CCCC(=O)O)cc1. The van der Waals surface area contributed by atoms with E-state index in [9.17, 15) is 9.59 Å². The number of amides is 1. The molecule has 0 spiro atoms. The summed E-state index contributed by atoms with van der Waals surface area (Å²) in [4.78, 5) is 25.0. The Kier molecular flexibility index (Phi) is 6.16. The summed E-state index contributed by atoms with van der Waals surface area (Å²) in [6, 6.07) is 8.11. The van der Waals surface area contributed by atoms with E-state index in [-0.39, 0.29) is 24.3 Å². The van der Waals surface area contributed by atoms with Gasteiger partial charge in [0.05, 0.1) is 12.0 Å². The van der Waals surface area contributed by atoms with Crippen LogP contribution in [0, 0.1) is 12.8 Å². The minimum absolute atomic E-state index is 0.0423. The van der Waals surface area contributed by atoms with Crippen LogP contribution in [0.2, 0.25) is 0 Å². The molecule has 1 aromatic rings. The topological polar surface area (TPSA) is 66.8 Å². The number of hydrogen-bond donors (Lipinski definition) is 1. The Bertz CT molecular complexity index is 540. The zero-order valence-electron chi connectivity index (χ0n) is 13.8. The van der Waals surface area contributed by atoms with Crippen LogP contribution in [0.3, 0.4) is 0 Å². The van der Waals surface area contributed by atoms with Crippen LogP contribution < -0.4 is 0 Å². The first-order valence-corrected chi connectivity index (χ1v) is 8.14. The third kappa shape index (κ3) is 4.79. The van der Waals surface area contributed by atoms with Crippen molar-refractivity contribution in [2.75, 3.05) is 20.2 Å². The predicted octanol–water partition coefficient (Wildman–Crippen LogP) is 2.79. The molecule has 1 aromatic carbocycles. The van der Waals surface area contributed by atoms with Gasteiger partial charge in [0, 0.05) is 26.6 Å². The highest BCUT2D eigenvalue weighted by atomic mass is 16.5. The zero-order valence-corrected chi connectivity index (χ0v) is 13.8. The minimum atomic E-state index is -0.829. The number of nitrogens with zero attached hydrogens (tertiary/aromatic N) is 1. The monoisotopic (exact) mass is 319 g/mol. The zero-order chi connectivity index (χ0) is 16.8. The number of aliphatic carboxylic acids is 1. The van der Waals surface area contributed by atoms with Gasteiger partial charge in [0.25, 0.3) is 0 Å². The van der Waals surface area contributed by atoms with Gasteiger partial charge >= 0.3 is 5.97 Å². The van der Waals surface area contributed by atoms with Crippen LogP contribution in [0.25, 0.3) is 0 Å². The van der Waals surface area contributed by atoms with Crippen molar-refractivity contribution in [2.24, 2.45) is 5.92 Å². The van der Waals surface area contributed by atoms with Gasteiger partial charge in [-0.2, -0.15) is 0 Å². The molecule has 23 heavy (non-hydrogen) atoms. The second kappa shape index (κ2) is 8.11. The normalized spacial score (nSPS) is 21.0. The van der Waals surface area contributed by atoms with E-state index < -0.39 is 5.97 Å². The molecule has 5 heteroatoms. The van der Waals surface area contributed by atoms with Crippen LogP contribution in [-0.4, -0.2) is 42.1 Å². The van der Waals surface area contributed by atoms with Crippen LogP contribution in [0.15, 0.2) is 24.3 Å². The molecule has 2 atom stereocenters. The number of benzene rings is 1. The van der Waals surface area contributed by atoms with E-state index in [2.05, 4.69) is 0 Å². The Morgan fingerprint density at radius 3 is 2.65 bits per heavy atom. The van der Waals surface area contributed by atoms with Gasteiger partial charge in [-0.3, -0.25) is 9.59 Å². The van der Waals surface area contributed by atoms with E-state index in [1.807, 2.05) is 31.2 Å². The third-order valence-corrected chi connectivity index (χ3v) is 4.31. The maximum absolute atomic E-state index is 12.7. The van der Waals surface area contributed by atoms with Gasteiger partial charge in [-0.05, 0) is 31.7 Å². The van der Waals surface area contributed by atoms with Crippen LogP contribution >= 0.6 is 0 Å². The summed E-state index contributed by atoms with van der Waals surface area (Å²) in [5.74, 6) is -0.980. The molecule has 1 heterocycles. The number of rotatable bonds is 6. The molecule has 2 unspecified atom stereocenters. The van der Waals surface area contributed by atoms with Crippen LogP contribution in [-0.2, 0) is 14.3 Å². The van der Waals surface area contributed by atoms with Gasteiger partial charge in [0.2, 0.25) is 5.91 Å². The van der Waals surface area contributed by atoms with Crippen molar-refractivity contribution in [3.8, 4) is 0 Å². The summed E-state index contributed by atoms with van der Waals surface area (Å²) >= 11 is 0. The molecule has 2 rings (SSSR count). The van der Waals surface area contributed by atoms with Crippen molar-refractivity contribution in [1.82, 2.24) is 4.90 Å². The van der Waals surface area contributed by atoms with Crippen molar-refractivity contribution in [3.05, 3.63) is 35.4 Å². The van der Waals surface area contributed by atoms with Crippen molar-refractivity contribution < 1.29 is 19.4 Å². The molecule has 126 valence electrons. The lowest BCUT2D eigenvalue weighted by Gasteiger charge is -2.33. The molecule has 5 nitrogen and oxygen atoms in total. The first-order valence-electron chi connectivity index (χ1n) is 8.14. The first kappa shape index (κ1) is 17.5. The lowest BCUT2D eigenvalue weighted by atomic mass is 9.88. The lowest BCUT2D eigenvalue weighted by Crippen LogP contribution is -2.39. The number of carboxylic acid groups (broad SMARTS) is 1. The van der Waals surface area contributed by atoms with Crippen molar-refractivity contribution >= 4 is 11.9 Å². The minimum Gasteiger partial charge on any atom is -0.481 e. The average Bonchev–Trinajstić information content (AvgIpc) is 2.54.